The summed E-state index contributed by atoms with van der Waals surface area (Å²) in [5.74, 6) is 0.542. The van der Waals surface area contributed by atoms with Gasteiger partial charge in [-0.3, -0.25) is 4.68 Å². The highest BCUT2D eigenvalue weighted by molar-refractivity contribution is 7.99. The van der Waals surface area contributed by atoms with Crippen molar-refractivity contribution < 1.29 is 0 Å². The summed E-state index contributed by atoms with van der Waals surface area (Å²) in [6.07, 6.45) is 1.77. The zero-order chi connectivity index (χ0) is 10.8. The van der Waals surface area contributed by atoms with E-state index >= 15 is 0 Å². The lowest BCUT2D eigenvalue weighted by molar-refractivity contribution is 0.692. The van der Waals surface area contributed by atoms with Gasteiger partial charge in [0, 0.05) is 18.1 Å². The average molecular weight is 220 g/mol. The third kappa shape index (κ3) is 2.30. The maximum absolute atomic E-state index is 5.52. The van der Waals surface area contributed by atoms with Gasteiger partial charge in [0.05, 0.1) is 10.7 Å². The lowest BCUT2D eigenvalue weighted by Gasteiger charge is -2.01. The Hall–Kier alpha value is -1.49. The van der Waals surface area contributed by atoms with Gasteiger partial charge in [-0.1, -0.05) is 11.8 Å². The normalized spacial score (nSPS) is 10.5. The van der Waals surface area contributed by atoms with Crippen LogP contribution in [-0.2, 0) is 7.05 Å². The number of anilines is 1. The molecule has 0 fully saturated rings. The molecule has 0 saturated heterocycles. The van der Waals surface area contributed by atoms with Crippen molar-refractivity contribution >= 4 is 17.6 Å². The Morgan fingerprint density at radius 1 is 1.40 bits per heavy atom. The Morgan fingerprint density at radius 2 is 2.20 bits per heavy atom. The fraction of sp³-hybridized carbons (Fsp3) is 0.200. The van der Waals surface area contributed by atoms with Crippen LogP contribution in [0.2, 0.25) is 0 Å². The summed E-state index contributed by atoms with van der Waals surface area (Å²) < 4.78 is 1.86. The van der Waals surface area contributed by atoms with Crippen molar-refractivity contribution in [1.29, 1.82) is 0 Å². The lowest BCUT2D eigenvalue weighted by Crippen LogP contribution is -1.92. The molecule has 2 heterocycles. The van der Waals surface area contributed by atoms with Crippen molar-refractivity contribution in [2.45, 2.75) is 16.8 Å². The van der Waals surface area contributed by atoms with E-state index in [0.717, 1.165) is 15.6 Å². The second-order valence-corrected chi connectivity index (χ2v) is 4.36. The highest BCUT2D eigenvalue weighted by Gasteiger charge is 2.04. The van der Waals surface area contributed by atoms with E-state index in [1.165, 1.54) is 0 Å². The molecule has 0 aliphatic heterocycles. The number of nitrogens with zero attached hydrogens (tertiary/aromatic N) is 3. The maximum atomic E-state index is 5.52. The van der Waals surface area contributed by atoms with Crippen molar-refractivity contribution in [2.75, 3.05) is 5.73 Å². The predicted molar refractivity (Wildman–Crippen MR) is 60.7 cm³/mol. The molecule has 2 rings (SSSR count). The number of hydrogen-bond acceptors (Lipinski definition) is 4. The van der Waals surface area contributed by atoms with Crippen LogP contribution in [0.4, 0.5) is 5.82 Å². The Kier molecular flexibility index (Phi) is 2.64. The Labute approximate surface area is 92.5 Å². The van der Waals surface area contributed by atoms with E-state index in [2.05, 4.69) is 10.1 Å². The molecule has 0 aliphatic rings. The van der Waals surface area contributed by atoms with Gasteiger partial charge in [0.2, 0.25) is 0 Å². The number of rotatable bonds is 2. The minimum absolute atomic E-state index is 0.542. The van der Waals surface area contributed by atoms with E-state index in [9.17, 15) is 0 Å². The minimum Gasteiger partial charge on any atom is -0.384 e. The molecule has 0 amide bonds. The molecular formula is C10H12N4S. The first-order chi connectivity index (χ1) is 7.15. The molecule has 5 heteroatoms. The van der Waals surface area contributed by atoms with Crippen LogP contribution in [0.15, 0.2) is 34.3 Å². The van der Waals surface area contributed by atoms with Gasteiger partial charge in [-0.15, -0.1) is 0 Å². The van der Waals surface area contributed by atoms with Crippen molar-refractivity contribution in [1.82, 2.24) is 14.8 Å². The SMILES string of the molecule is Cc1cc(Sc2ccc(N)nc2)n(C)n1. The minimum atomic E-state index is 0.542. The Morgan fingerprint density at radius 3 is 2.73 bits per heavy atom. The highest BCUT2D eigenvalue weighted by Crippen LogP contribution is 2.27. The first kappa shape index (κ1) is 10.0. The van der Waals surface area contributed by atoms with Crippen LogP contribution >= 0.6 is 11.8 Å². The van der Waals surface area contributed by atoms with E-state index < -0.39 is 0 Å². The van der Waals surface area contributed by atoms with Crippen molar-refractivity contribution in [3.05, 3.63) is 30.1 Å². The quantitative estimate of drug-likeness (QED) is 0.839. The summed E-state index contributed by atoms with van der Waals surface area (Å²) in [5.41, 5.74) is 6.53. The lowest BCUT2D eigenvalue weighted by atomic mass is 10.5. The molecule has 0 spiro atoms. The third-order valence-corrected chi connectivity index (χ3v) is 3.01. The monoisotopic (exact) mass is 220 g/mol. The van der Waals surface area contributed by atoms with Crippen LogP contribution in [0.3, 0.4) is 0 Å². The fourth-order valence-electron chi connectivity index (χ4n) is 1.26. The number of pyridine rings is 1. The molecule has 0 aromatic carbocycles. The summed E-state index contributed by atoms with van der Waals surface area (Å²) >= 11 is 1.63. The summed E-state index contributed by atoms with van der Waals surface area (Å²) in [4.78, 5) is 5.10. The third-order valence-electron chi connectivity index (χ3n) is 1.94. The summed E-state index contributed by atoms with van der Waals surface area (Å²) in [6.45, 7) is 1.98. The highest BCUT2D eigenvalue weighted by atomic mass is 32.2. The average Bonchev–Trinajstić information content (AvgIpc) is 2.49. The van der Waals surface area contributed by atoms with E-state index in [0.29, 0.717) is 5.82 Å². The Bertz CT molecular complexity index is 461. The molecule has 2 aromatic heterocycles. The van der Waals surface area contributed by atoms with Crippen molar-refractivity contribution in [2.24, 2.45) is 7.05 Å². The molecule has 4 nitrogen and oxygen atoms in total. The maximum Gasteiger partial charge on any atom is 0.123 e. The smallest absolute Gasteiger partial charge is 0.123 e. The van der Waals surface area contributed by atoms with E-state index in [1.54, 1.807) is 24.0 Å². The molecule has 2 aromatic rings. The molecule has 15 heavy (non-hydrogen) atoms. The molecular weight excluding hydrogens is 208 g/mol. The van der Waals surface area contributed by atoms with Crippen LogP contribution in [0, 0.1) is 6.92 Å². The zero-order valence-electron chi connectivity index (χ0n) is 8.64. The van der Waals surface area contributed by atoms with Crippen molar-refractivity contribution in [3.63, 3.8) is 0 Å². The molecule has 0 aliphatic carbocycles. The van der Waals surface area contributed by atoms with Gasteiger partial charge in [-0.2, -0.15) is 5.10 Å². The molecule has 0 unspecified atom stereocenters. The second kappa shape index (κ2) is 3.94. The molecule has 0 bridgehead atoms. The van der Waals surface area contributed by atoms with Crippen molar-refractivity contribution in [3.8, 4) is 0 Å². The standard InChI is InChI=1S/C10H12N4S/c1-7-5-10(14(2)13-7)15-8-3-4-9(11)12-6-8/h3-6H,1-2H3,(H2,11,12). The van der Waals surface area contributed by atoms with Gasteiger partial charge in [0.25, 0.3) is 0 Å². The van der Waals surface area contributed by atoms with Crippen LogP contribution in [0.5, 0.6) is 0 Å². The van der Waals surface area contributed by atoms with Crippen LogP contribution in [-0.4, -0.2) is 14.8 Å². The summed E-state index contributed by atoms with van der Waals surface area (Å²) in [6, 6.07) is 5.79. The van der Waals surface area contributed by atoms with E-state index in [4.69, 9.17) is 5.73 Å². The predicted octanol–water partition coefficient (Wildman–Crippen LogP) is 1.86. The first-order valence-corrected chi connectivity index (χ1v) is 5.37. The van der Waals surface area contributed by atoms with Crippen LogP contribution < -0.4 is 5.73 Å². The first-order valence-electron chi connectivity index (χ1n) is 4.55. The number of nitrogens with two attached hydrogens (primary N) is 1. The molecule has 0 saturated carbocycles. The van der Waals surface area contributed by atoms with Gasteiger partial charge in [0.1, 0.15) is 5.82 Å². The largest absolute Gasteiger partial charge is 0.384 e. The number of aryl methyl sites for hydroxylation is 2. The molecule has 78 valence electrons. The van der Waals surface area contributed by atoms with E-state index in [1.807, 2.05) is 30.8 Å². The molecule has 2 N–H and O–H groups in total. The fourth-order valence-corrected chi connectivity index (χ4v) is 2.14. The van der Waals surface area contributed by atoms with Gasteiger partial charge in [0.15, 0.2) is 0 Å². The van der Waals surface area contributed by atoms with E-state index in [-0.39, 0.29) is 0 Å². The van der Waals surface area contributed by atoms with Gasteiger partial charge in [-0.05, 0) is 25.1 Å². The second-order valence-electron chi connectivity index (χ2n) is 3.27. The molecule has 0 atom stereocenters. The van der Waals surface area contributed by atoms with Gasteiger partial charge < -0.3 is 5.73 Å². The van der Waals surface area contributed by atoms with Crippen LogP contribution in [0.1, 0.15) is 5.69 Å². The summed E-state index contributed by atoms with van der Waals surface area (Å²) in [5, 5.41) is 5.37. The number of nitrogen functional groups attached to an aromatic ring is 1. The zero-order valence-corrected chi connectivity index (χ0v) is 9.45. The van der Waals surface area contributed by atoms with Gasteiger partial charge >= 0.3 is 0 Å². The topological polar surface area (TPSA) is 56.7 Å². The van der Waals surface area contributed by atoms with Gasteiger partial charge in [-0.25, -0.2) is 4.98 Å². The summed E-state index contributed by atoms with van der Waals surface area (Å²) in [7, 11) is 1.93. The molecule has 0 radical (unpaired) electrons. The van der Waals surface area contributed by atoms with Crippen LogP contribution in [0.25, 0.3) is 0 Å². The Balaban J connectivity index is 2.21. The number of aromatic nitrogens is 3. The number of hydrogen-bond donors (Lipinski definition) is 1.